The van der Waals surface area contributed by atoms with E-state index < -0.39 is 9.84 Å². The van der Waals surface area contributed by atoms with Crippen molar-refractivity contribution in [2.45, 2.75) is 19.0 Å². The van der Waals surface area contributed by atoms with Crippen LogP contribution in [0.2, 0.25) is 5.02 Å². The molecular weight excluding hydrogens is 426 g/mol. The molecule has 1 saturated heterocycles. The first-order valence-corrected chi connectivity index (χ1v) is 10.8. The molecule has 1 unspecified atom stereocenters. The lowest BCUT2D eigenvalue weighted by atomic mass is 10.1. The third kappa shape index (κ3) is 4.63. The molecule has 2 aromatic rings. The molecule has 1 amide bonds. The van der Waals surface area contributed by atoms with Crippen molar-refractivity contribution in [1.82, 2.24) is 4.90 Å². The van der Waals surface area contributed by atoms with Gasteiger partial charge in [0.05, 0.1) is 11.5 Å². The molecule has 1 heterocycles. The van der Waals surface area contributed by atoms with Gasteiger partial charge in [0.1, 0.15) is 0 Å². The molecule has 0 radical (unpaired) electrons. The molecule has 1 aliphatic rings. The Bertz CT molecular complexity index is 901. The average Bonchev–Trinajstić information content (AvgIpc) is 2.92. The number of sulfone groups is 1. The summed E-state index contributed by atoms with van der Waals surface area (Å²) < 4.78 is 24.7. The van der Waals surface area contributed by atoms with Gasteiger partial charge in [-0.05, 0) is 42.3 Å². The van der Waals surface area contributed by atoms with E-state index in [0.717, 1.165) is 10.0 Å². The van der Waals surface area contributed by atoms with Crippen LogP contribution in [0.3, 0.4) is 0 Å². The van der Waals surface area contributed by atoms with Crippen LogP contribution in [-0.2, 0) is 16.4 Å². The second-order valence-electron chi connectivity index (χ2n) is 6.13. The van der Waals surface area contributed by atoms with E-state index in [9.17, 15) is 13.2 Å². The molecule has 2 aromatic carbocycles. The van der Waals surface area contributed by atoms with Crippen LogP contribution in [0.15, 0.2) is 53.0 Å². The van der Waals surface area contributed by atoms with Crippen molar-refractivity contribution in [3.8, 4) is 0 Å². The molecule has 1 fully saturated rings. The monoisotopic (exact) mass is 441 g/mol. The Morgan fingerprint density at radius 1 is 1.20 bits per heavy atom. The van der Waals surface area contributed by atoms with Crippen molar-refractivity contribution in [2.24, 2.45) is 0 Å². The van der Waals surface area contributed by atoms with Gasteiger partial charge in [-0.1, -0.05) is 45.7 Å². The second-order valence-corrected chi connectivity index (χ2v) is 9.71. The third-order valence-corrected chi connectivity index (χ3v) is 6.70. The highest BCUT2D eigenvalue weighted by molar-refractivity contribution is 9.10. The van der Waals surface area contributed by atoms with E-state index in [1.165, 1.54) is 0 Å². The highest BCUT2D eigenvalue weighted by atomic mass is 79.9. The number of hydrogen-bond acceptors (Lipinski definition) is 3. The van der Waals surface area contributed by atoms with Crippen molar-refractivity contribution >= 4 is 43.3 Å². The molecule has 3 rings (SSSR count). The maximum absolute atomic E-state index is 13.0. The Labute approximate surface area is 160 Å². The zero-order valence-corrected chi connectivity index (χ0v) is 16.5. The minimum absolute atomic E-state index is 0.00725. The number of hydrogen-bond donors (Lipinski definition) is 0. The third-order valence-electron chi connectivity index (χ3n) is 4.22. The molecule has 0 aliphatic carbocycles. The molecule has 0 bridgehead atoms. The van der Waals surface area contributed by atoms with Crippen LogP contribution in [0.4, 0.5) is 0 Å². The molecule has 0 aromatic heterocycles. The van der Waals surface area contributed by atoms with Crippen LogP contribution < -0.4 is 0 Å². The Morgan fingerprint density at radius 3 is 2.60 bits per heavy atom. The first-order valence-electron chi connectivity index (χ1n) is 7.85. The number of carbonyl (C=O) groups excluding carboxylic acids is 1. The first-order chi connectivity index (χ1) is 11.8. The van der Waals surface area contributed by atoms with Crippen LogP contribution in [0.1, 0.15) is 22.3 Å². The van der Waals surface area contributed by atoms with Crippen molar-refractivity contribution in [1.29, 1.82) is 0 Å². The minimum Gasteiger partial charge on any atom is -0.330 e. The van der Waals surface area contributed by atoms with Crippen molar-refractivity contribution in [2.75, 3.05) is 11.5 Å². The van der Waals surface area contributed by atoms with Gasteiger partial charge in [0.15, 0.2) is 9.84 Å². The normalized spacial score (nSPS) is 18.9. The Hall–Kier alpha value is -1.37. The zero-order valence-electron chi connectivity index (χ0n) is 13.4. The predicted octanol–water partition coefficient (Wildman–Crippen LogP) is 3.93. The fraction of sp³-hybridized carbons (Fsp3) is 0.278. The largest absolute Gasteiger partial charge is 0.330 e. The van der Waals surface area contributed by atoms with Gasteiger partial charge in [0, 0.05) is 27.6 Å². The van der Waals surface area contributed by atoms with E-state index in [0.29, 0.717) is 23.6 Å². The van der Waals surface area contributed by atoms with Crippen molar-refractivity contribution in [3.05, 3.63) is 69.2 Å². The van der Waals surface area contributed by atoms with Crippen LogP contribution in [0.25, 0.3) is 0 Å². The van der Waals surface area contributed by atoms with Crippen LogP contribution in [0.5, 0.6) is 0 Å². The predicted molar refractivity (Wildman–Crippen MR) is 103 cm³/mol. The van der Waals surface area contributed by atoms with Crippen molar-refractivity contribution in [3.63, 3.8) is 0 Å². The molecule has 25 heavy (non-hydrogen) atoms. The van der Waals surface area contributed by atoms with E-state index in [-0.39, 0.29) is 23.5 Å². The van der Waals surface area contributed by atoms with Gasteiger partial charge in [0.25, 0.3) is 5.91 Å². The molecule has 4 nitrogen and oxygen atoms in total. The Balaban J connectivity index is 1.92. The average molecular weight is 443 g/mol. The minimum atomic E-state index is -3.09. The number of carbonyl (C=O) groups is 1. The zero-order chi connectivity index (χ0) is 18.0. The fourth-order valence-electron chi connectivity index (χ4n) is 3.01. The quantitative estimate of drug-likeness (QED) is 0.721. The molecule has 1 atom stereocenters. The van der Waals surface area contributed by atoms with Gasteiger partial charge in [-0.15, -0.1) is 0 Å². The second kappa shape index (κ2) is 7.48. The molecule has 7 heteroatoms. The summed E-state index contributed by atoms with van der Waals surface area (Å²) >= 11 is 9.44. The topological polar surface area (TPSA) is 54.5 Å². The van der Waals surface area contributed by atoms with Gasteiger partial charge in [0.2, 0.25) is 0 Å². The maximum Gasteiger partial charge on any atom is 0.254 e. The van der Waals surface area contributed by atoms with E-state index in [2.05, 4.69) is 15.9 Å². The Morgan fingerprint density at radius 2 is 1.96 bits per heavy atom. The lowest BCUT2D eigenvalue weighted by molar-refractivity contribution is 0.0681. The van der Waals surface area contributed by atoms with Crippen molar-refractivity contribution < 1.29 is 13.2 Å². The van der Waals surface area contributed by atoms with Gasteiger partial charge in [-0.25, -0.2) is 8.42 Å². The summed E-state index contributed by atoms with van der Waals surface area (Å²) in [5, 5.41) is 0.479. The lowest BCUT2D eigenvalue weighted by Gasteiger charge is -2.28. The SMILES string of the molecule is O=C(c1cccc(Cl)c1)N(Cc1cccc(Br)c1)C1CCS(=O)(=O)C1. The highest BCUT2D eigenvalue weighted by Crippen LogP contribution is 2.24. The summed E-state index contributed by atoms with van der Waals surface area (Å²) in [4.78, 5) is 14.7. The van der Waals surface area contributed by atoms with Crippen LogP contribution >= 0.6 is 27.5 Å². The molecule has 132 valence electrons. The number of nitrogens with zero attached hydrogens (tertiary/aromatic N) is 1. The summed E-state index contributed by atoms with van der Waals surface area (Å²) in [5.74, 6) is -0.0763. The molecule has 1 aliphatic heterocycles. The molecular formula is C18H17BrClNO3S. The molecule has 0 N–H and O–H groups in total. The summed E-state index contributed by atoms with van der Waals surface area (Å²) in [7, 11) is -3.09. The lowest BCUT2D eigenvalue weighted by Crippen LogP contribution is -2.40. The fourth-order valence-corrected chi connectivity index (χ4v) is 5.37. The van der Waals surface area contributed by atoms with Gasteiger partial charge >= 0.3 is 0 Å². The molecule has 0 spiro atoms. The van der Waals surface area contributed by atoms with Crippen LogP contribution in [0, 0.1) is 0 Å². The summed E-state index contributed by atoms with van der Waals surface area (Å²) in [5.41, 5.74) is 1.40. The van der Waals surface area contributed by atoms with E-state index >= 15 is 0 Å². The standard InChI is InChI=1S/C18H17BrClNO3S/c19-15-5-1-3-13(9-15)11-21(17-7-8-25(23,24)12-17)18(22)14-4-2-6-16(20)10-14/h1-6,9-10,17H,7-8,11-12H2. The number of benzene rings is 2. The first kappa shape index (κ1) is 18.4. The van der Waals surface area contributed by atoms with E-state index in [1.807, 2.05) is 24.3 Å². The van der Waals surface area contributed by atoms with Gasteiger partial charge in [-0.2, -0.15) is 0 Å². The smallest absolute Gasteiger partial charge is 0.254 e. The van der Waals surface area contributed by atoms with Crippen LogP contribution in [-0.4, -0.2) is 36.8 Å². The number of halogens is 2. The maximum atomic E-state index is 13.0. The highest BCUT2D eigenvalue weighted by Gasteiger charge is 2.35. The molecule has 0 saturated carbocycles. The Kier molecular flexibility index (Phi) is 5.51. The van der Waals surface area contributed by atoms with Gasteiger partial charge in [-0.3, -0.25) is 4.79 Å². The summed E-state index contributed by atoms with van der Waals surface area (Å²) in [6, 6.07) is 14.1. The van der Waals surface area contributed by atoms with E-state index in [1.54, 1.807) is 29.2 Å². The van der Waals surface area contributed by atoms with E-state index in [4.69, 9.17) is 11.6 Å². The summed E-state index contributed by atoms with van der Waals surface area (Å²) in [6.45, 7) is 0.352. The van der Waals surface area contributed by atoms with Gasteiger partial charge < -0.3 is 4.90 Å². The number of amides is 1. The number of rotatable bonds is 4. The summed E-state index contributed by atoms with van der Waals surface area (Å²) in [6.07, 6.45) is 0.461.